The molecule has 1 aliphatic rings. The van der Waals surface area contributed by atoms with E-state index in [0.29, 0.717) is 12.0 Å². The average molecular weight is 270 g/mol. The monoisotopic (exact) mass is 270 g/mol. The van der Waals surface area contributed by atoms with Crippen molar-refractivity contribution in [2.75, 3.05) is 27.2 Å². The van der Waals surface area contributed by atoms with Crippen LogP contribution in [0, 0.1) is 11.8 Å². The number of aliphatic hydroxyl groups is 1. The fourth-order valence-corrected chi connectivity index (χ4v) is 3.62. The van der Waals surface area contributed by atoms with Crippen LogP contribution in [0.3, 0.4) is 0 Å². The third kappa shape index (κ3) is 4.44. The lowest BCUT2D eigenvalue weighted by molar-refractivity contribution is 0.115. The molecule has 114 valence electrons. The smallest absolute Gasteiger partial charge is 0.0615 e. The number of nitrogens with zero attached hydrogens (tertiary/aromatic N) is 1. The van der Waals surface area contributed by atoms with Crippen molar-refractivity contribution in [1.29, 1.82) is 0 Å². The summed E-state index contributed by atoms with van der Waals surface area (Å²) in [6.07, 6.45) is 6.08. The third-order valence-electron chi connectivity index (χ3n) is 5.13. The van der Waals surface area contributed by atoms with Crippen LogP contribution in [-0.2, 0) is 0 Å². The summed E-state index contributed by atoms with van der Waals surface area (Å²) in [4.78, 5) is 2.48. The lowest BCUT2D eigenvalue weighted by atomic mass is 9.85. The minimum atomic E-state index is -0.0118. The van der Waals surface area contributed by atoms with E-state index in [1.54, 1.807) is 0 Å². The van der Waals surface area contributed by atoms with Gasteiger partial charge < -0.3 is 15.3 Å². The molecule has 3 unspecified atom stereocenters. The molecule has 3 nitrogen and oxygen atoms in total. The fraction of sp³-hybridized carbons (Fsp3) is 1.00. The van der Waals surface area contributed by atoms with E-state index in [0.717, 1.165) is 18.9 Å². The zero-order valence-electron chi connectivity index (χ0n) is 13.6. The first-order valence-electron chi connectivity index (χ1n) is 7.95. The van der Waals surface area contributed by atoms with Crippen LogP contribution in [0.4, 0.5) is 0 Å². The summed E-state index contributed by atoms with van der Waals surface area (Å²) in [5.41, 5.74) is -0.0118. The third-order valence-corrected chi connectivity index (χ3v) is 5.13. The number of hydrogen-bond donors (Lipinski definition) is 2. The van der Waals surface area contributed by atoms with Gasteiger partial charge in [-0.2, -0.15) is 0 Å². The minimum Gasteiger partial charge on any atom is -0.394 e. The molecular weight excluding hydrogens is 236 g/mol. The molecule has 0 aromatic carbocycles. The van der Waals surface area contributed by atoms with E-state index in [4.69, 9.17) is 0 Å². The molecule has 0 bridgehead atoms. The highest BCUT2D eigenvalue weighted by atomic mass is 16.3. The van der Waals surface area contributed by atoms with Crippen LogP contribution in [0.5, 0.6) is 0 Å². The van der Waals surface area contributed by atoms with Gasteiger partial charge in [-0.1, -0.05) is 20.3 Å². The first-order chi connectivity index (χ1) is 8.95. The molecule has 2 N–H and O–H groups in total. The predicted molar refractivity (Wildman–Crippen MR) is 82.4 cm³/mol. The van der Waals surface area contributed by atoms with Gasteiger partial charge in [-0.3, -0.25) is 0 Å². The van der Waals surface area contributed by atoms with Crippen LogP contribution in [0.15, 0.2) is 0 Å². The Labute approximate surface area is 119 Å². The van der Waals surface area contributed by atoms with E-state index in [-0.39, 0.29) is 12.1 Å². The molecule has 1 rings (SSSR count). The maximum absolute atomic E-state index is 9.70. The zero-order valence-corrected chi connectivity index (χ0v) is 13.6. The van der Waals surface area contributed by atoms with Crippen LogP contribution >= 0.6 is 0 Å². The largest absolute Gasteiger partial charge is 0.394 e. The number of nitrogens with one attached hydrogen (secondary N) is 1. The topological polar surface area (TPSA) is 35.5 Å². The van der Waals surface area contributed by atoms with E-state index in [9.17, 15) is 5.11 Å². The van der Waals surface area contributed by atoms with Crippen molar-refractivity contribution in [2.45, 2.75) is 64.5 Å². The predicted octanol–water partition coefficient (Wildman–Crippen LogP) is 2.49. The molecule has 0 radical (unpaired) electrons. The van der Waals surface area contributed by atoms with Gasteiger partial charge in [0.2, 0.25) is 0 Å². The molecule has 1 aliphatic carbocycles. The maximum atomic E-state index is 9.70. The molecule has 0 heterocycles. The van der Waals surface area contributed by atoms with Crippen molar-refractivity contribution in [3.05, 3.63) is 0 Å². The van der Waals surface area contributed by atoms with E-state index >= 15 is 0 Å². The highest BCUT2D eigenvalue weighted by Crippen LogP contribution is 2.37. The number of rotatable bonds is 8. The van der Waals surface area contributed by atoms with Crippen molar-refractivity contribution >= 4 is 0 Å². The average Bonchev–Trinajstić information content (AvgIpc) is 2.78. The Morgan fingerprint density at radius 2 is 2.05 bits per heavy atom. The van der Waals surface area contributed by atoms with Crippen molar-refractivity contribution in [1.82, 2.24) is 10.2 Å². The Hall–Kier alpha value is -0.120. The molecule has 1 saturated carbocycles. The molecule has 0 saturated heterocycles. The maximum Gasteiger partial charge on any atom is 0.0615 e. The lowest BCUT2D eigenvalue weighted by Gasteiger charge is -2.35. The van der Waals surface area contributed by atoms with Gasteiger partial charge in [0.25, 0.3) is 0 Å². The molecule has 0 aromatic rings. The first-order valence-corrected chi connectivity index (χ1v) is 7.95. The van der Waals surface area contributed by atoms with Crippen molar-refractivity contribution in [3.8, 4) is 0 Å². The summed E-state index contributed by atoms with van der Waals surface area (Å²) in [5.74, 6) is 1.38. The van der Waals surface area contributed by atoms with Crippen LogP contribution < -0.4 is 5.32 Å². The summed E-state index contributed by atoms with van der Waals surface area (Å²) in [6.45, 7) is 8.33. The first kappa shape index (κ1) is 16.9. The summed E-state index contributed by atoms with van der Waals surface area (Å²) in [6, 6.07) is 0.652. The van der Waals surface area contributed by atoms with E-state index in [2.05, 4.69) is 38.0 Å². The van der Waals surface area contributed by atoms with Gasteiger partial charge in [0, 0.05) is 11.6 Å². The van der Waals surface area contributed by atoms with Crippen LogP contribution in [-0.4, -0.2) is 48.8 Å². The standard InChI is InChI=1S/C16H34N2O/c1-13(2)11-14(3)18(5)10-8-15-7-6-9-16(15,12-19)17-4/h13-15,17,19H,6-12H2,1-5H3. The molecule has 19 heavy (non-hydrogen) atoms. The zero-order chi connectivity index (χ0) is 14.5. The molecular formula is C16H34N2O. The number of likely N-dealkylation sites (N-methyl/N-ethyl adjacent to an activating group) is 1. The highest BCUT2D eigenvalue weighted by molar-refractivity contribution is 4.98. The molecule has 0 aliphatic heterocycles. The van der Waals surface area contributed by atoms with Gasteiger partial charge in [-0.25, -0.2) is 0 Å². The lowest BCUT2D eigenvalue weighted by Crippen LogP contribution is -2.50. The highest BCUT2D eigenvalue weighted by Gasteiger charge is 2.40. The van der Waals surface area contributed by atoms with Gasteiger partial charge in [-0.15, -0.1) is 0 Å². The SMILES string of the molecule is CNC1(CO)CCCC1CCN(C)C(C)CC(C)C. The normalized spacial score (nSPS) is 29.4. The fourth-order valence-electron chi connectivity index (χ4n) is 3.62. The van der Waals surface area contributed by atoms with E-state index < -0.39 is 0 Å². The van der Waals surface area contributed by atoms with Gasteiger partial charge in [0.1, 0.15) is 0 Å². The quantitative estimate of drug-likeness (QED) is 0.711. The van der Waals surface area contributed by atoms with Crippen molar-refractivity contribution < 1.29 is 5.11 Å². The molecule has 0 aromatic heterocycles. The Bertz CT molecular complexity index is 251. The van der Waals surface area contributed by atoms with Gasteiger partial charge in [0.05, 0.1) is 6.61 Å². The number of hydrogen-bond acceptors (Lipinski definition) is 3. The Morgan fingerprint density at radius 1 is 1.37 bits per heavy atom. The Balaban J connectivity index is 2.43. The van der Waals surface area contributed by atoms with Crippen LogP contribution in [0.1, 0.15) is 52.9 Å². The molecule has 3 atom stereocenters. The summed E-state index contributed by atoms with van der Waals surface area (Å²) in [7, 11) is 4.24. The van der Waals surface area contributed by atoms with Crippen molar-refractivity contribution in [2.24, 2.45) is 11.8 Å². The van der Waals surface area contributed by atoms with Crippen LogP contribution in [0.2, 0.25) is 0 Å². The van der Waals surface area contributed by atoms with E-state index in [1.165, 1.54) is 25.7 Å². The Morgan fingerprint density at radius 3 is 2.58 bits per heavy atom. The minimum absolute atomic E-state index is 0.0118. The van der Waals surface area contributed by atoms with Gasteiger partial charge in [0.15, 0.2) is 0 Å². The second kappa shape index (κ2) is 7.61. The van der Waals surface area contributed by atoms with Crippen molar-refractivity contribution in [3.63, 3.8) is 0 Å². The van der Waals surface area contributed by atoms with Gasteiger partial charge in [-0.05, 0) is 65.1 Å². The second-order valence-electron chi connectivity index (χ2n) is 6.90. The summed E-state index contributed by atoms with van der Waals surface area (Å²) >= 11 is 0. The van der Waals surface area contributed by atoms with E-state index in [1.807, 2.05) is 7.05 Å². The number of aliphatic hydroxyl groups excluding tert-OH is 1. The van der Waals surface area contributed by atoms with Crippen LogP contribution in [0.25, 0.3) is 0 Å². The summed E-state index contributed by atoms with van der Waals surface area (Å²) < 4.78 is 0. The van der Waals surface area contributed by atoms with Gasteiger partial charge >= 0.3 is 0 Å². The molecule has 1 fully saturated rings. The molecule has 0 spiro atoms. The summed E-state index contributed by atoms with van der Waals surface area (Å²) in [5, 5.41) is 13.1. The Kier molecular flexibility index (Phi) is 6.78. The molecule has 3 heteroatoms. The molecule has 0 amide bonds. The second-order valence-corrected chi connectivity index (χ2v) is 6.90.